The second kappa shape index (κ2) is 8.98. The van der Waals surface area contributed by atoms with Gasteiger partial charge in [-0.2, -0.15) is 0 Å². The number of hydrogen-bond acceptors (Lipinski definition) is 2. The topological polar surface area (TPSA) is 66.4 Å². The van der Waals surface area contributed by atoms with Crippen LogP contribution in [0.1, 0.15) is 71.6 Å². The van der Waals surface area contributed by atoms with E-state index in [1.54, 1.807) is 0 Å². The molecule has 2 N–H and O–H groups in total. The van der Waals surface area contributed by atoms with Gasteiger partial charge in [0.05, 0.1) is 5.92 Å². The lowest BCUT2D eigenvalue weighted by molar-refractivity contribution is -0.144. The summed E-state index contributed by atoms with van der Waals surface area (Å²) in [7, 11) is 0. The normalized spacial score (nSPS) is 24.1. The Morgan fingerprint density at radius 1 is 1.10 bits per heavy atom. The maximum atomic E-state index is 12.1. The number of amides is 1. The molecule has 0 aromatic heterocycles. The van der Waals surface area contributed by atoms with Gasteiger partial charge in [-0.25, -0.2) is 0 Å². The molecule has 0 heterocycles. The van der Waals surface area contributed by atoms with Crippen molar-refractivity contribution < 1.29 is 14.7 Å². The lowest BCUT2D eigenvalue weighted by Gasteiger charge is -2.26. The van der Waals surface area contributed by atoms with Crippen LogP contribution >= 0.6 is 0 Å². The van der Waals surface area contributed by atoms with E-state index in [0.29, 0.717) is 25.7 Å². The van der Waals surface area contributed by atoms with Gasteiger partial charge in [0, 0.05) is 12.0 Å². The fourth-order valence-electron chi connectivity index (χ4n) is 2.91. The van der Waals surface area contributed by atoms with Crippen molar-refractivity contribution in [1.29, 1.82) is 0 Å². The molecule has 0 aliphatic heterocycles. The van der Waals surface area contributed by atoms with Gasteiger partial charge in [0.25, 0.3) is 0 Å². The summed E-state index contributed by atoms with van der Waals surface area (Å²) in [5.74, 6) is -0.820. The van der Waals surface area contributed by atoms with Crippen molar-refractivity contribution in [2.45, 2.75) is 77.7 Å². The SMILES string of the molecule is CCCCCCC(C)NC(=O)C1CCC(C(=O)O)CC1. The highest BCUT2D eigenvalue weighted by Gasteiger charge is 2.29. The number of carboxylic acids is 1. The van der Waals surface area contributed by atoms with E-state index in [1.165, 1.54) is 25.7 Å². The van der Waals surface area contributed by atoms with Crippen LogP contribution in [0.25, 0.3) is 0 Å². The van der Waals surface area contributed by atoms with Crippen molar-refractivity contribution in [3.63, 3.8) is 0 Å². The summed E-state index contributed by atoms with van der Waals surface area (Å²) in [5.41, 5.74) is 0. The number of carbonyl (C=O) groups is 2. The van der Waals surface area contributed by atoms with Crippen LogP contribution in [-0.2, 0) is 9.59 Å². The summed E-state index contributed by atoms with van der Waals surface area (Å²) in [6, 6.07) is 0.233. The van der Waals surface area contributed by atoms with E-state index in [4.69, 9.17) is 5.11 Å². The molecule has 1 fully saturated rings. The summed E-state index contributed by atoms with van der Waals surface area (Å²) in [4.78, 5) is 23.0. The number of carboxylic acid groups (broad SMARTS) is 1. The fourth-order valence-corrected chi connectivity index (χ4v) is 2.91. The third kappa shape index (κ3) is 5.93. The van der Waals surface area contributed by atoms with Crippen LogP contribution in [0.5, 0.6) is 0 Å². The Morgan fingerprint density at radius 3 is 2.25 bits per heavy atom. The molecule has 116 valence electrons. The highest BCUT2D eigenvalue weighted by Crippen LogP contribution is 2.29. The van der Waals surface area contributed by atoms with Crippen molar-refractivity contribution in [3.05, 3.63) is 0 Å². The number of carbonyl (C=O) groups excluding carboxylic acids is 1. The van der Waals surface area contributed by atoms with E-state index >= 15 is 0 Å². The van der Waals surface area contributed by atoms with Gasteiger partial charge in [-0.1, -0.05) is 32.6 Å². The zero-order chi connectivity index (χ0) is 15.0. The molecule has 0 aromatic carbocycles. The van der Waals surface area contributed by atoms with Crippen molar-refractivity contribution in [2.75, 3.05) is 0 Å². The van der Waals surface area contributed by atoms with E-state index in [9.17, 15) is 9.59 Å². The highest BCUT2D eigenvalue weighted by molar-refractivity contribution is 5.79. The minimum absolute atomic E-state index is 0.0173. The van der Waals surface area contributed by atoms with Gasteiger partial charge >= 0.3 is 5.97 Å². The van der Waals surface area contributed by atoms with Crippen LogP contribution in [0.2, 0.25) is 0 Å². The van der Waals surface area contributed by atoms with Gasteiger partial charge < -0.3 is 10.4 Å². The summed E-state index contributed by atoms with van der Waals surface area (Å²) >= 11 is 0. The van der Waals surface area contributed by atoms with Crippen LogP contribution in [0.3, 0.4) is 0 Å². The van der Waals surface area contributed by atoms with Crippen molar-refractivity contribution in [1.82, 2.24) is 5.32 Å². The van der Waals surface area contributed by atoms with E-state index in [0.717, 1.165) is 6.42 Å². The van der Waals surface area contributed by atoms with Crippen molar-refractivity contribution in [3.8, 4) is 0 Å². The zero-order valence-corrected chi connectivity index (χ0v) is 12.9. The van der Waals surface area contributed by atoms with Gasteiger partial charge in [-0.3, -0.25) is 9.59 Å². The molecule has 1 unspecified atom stereocenters. The van der Waals surface area contributed by atoms with Gasteiger partial charge in [0.2, 0.25) is 5.91 Å². The Morgan fingerprint density at radius 2 is 1.70 bits per heavy atom. The summed E-state index contributed by atoms with van der Waals surface area (Å²) in [5, 5.41) is 12.0. The van der Waals surface area contributed by atoms with E-state index in [1.807, 2.05) is 0 Å². The predicted octanol–water partition coefficient (Wildman–Crippen LogP) is 3.35. The molecule has 1 aliphatic carbocycles. The van der Waals surface area contributed by atoms with Gasteiger partial charge in [0.1, 0.15) is 0 Å². The fraction of sp³-hybridized carbons (Fsp3) is 0.875. The number of unbranched alkanes of at least 4 members (excludes halogenated alkanes) is 3. The molecule has 1 amide bonds. The molecule has 0 radical (unpaired) electrons. The molecule has 0 saturated heterocycles. The maximum absolute atomic E-state index is 12.1. The van der Waals surface area contributed by atoms with E-state index in [-0.39, 0.29) is 23.8 Å². The molecule has 0 aromatic rings. The molecule has 0 spiro atoms. The Kier molecular flexibility index (Phi) is 7.63. The maximum Gasteiger partial charge on any atom is 0.306 e. The molecule has 1 rings (SSSR count). The smallest absolute Gasteiger partial charge is 0.306 e. The molecule has 1 saturated carbocycles. The number of nitrogens with one attached hydrogen (secondary N) is 1. The molecule has 4 heteroatoms. The highest BCUT2D eigenvalue weighted by atomic mass is 16.4. The lowest BCUT2D eigenvalue weighted by atomic mass is 9.81. The van der Waals surface area contributed by atoms with E-state index in [2.05, 4.69) is 19.2 Å². The Bertz CT molecular complexity index is 309. The first kappa shape index (κ1) is 17.0. The average Bonchev–Trinajstić information content (AvgIpc) is 2.43. The van der Waals surface area contributed by atoms with Crippen LogP contribution in [0.4, 0.5) is 0 Å². The minimum atomic E-state index is -0.715. The molecule has 20 heavy (non-hydrogen) atoms. The lowest BCUT2D eigenvalue weighted by Crippen LogP contribution is -2.39. The Hall–Kier alpha value is -1.06. The summed E-state index contributed by atoms with van der Waals surface area (Å²) < 4.78 is 0. The molecular formula is C16H29NO3. The number of hydrogen-bond donors (Lipinski definition) is 2. The Labute approximate surface area is 122 Å². The first-order chi connectivity index (χ1) is 9.54. The van der Waals surface area contributed by atoms with Gasteiger partial charge in [-0.15, -0.1) is 0 Å². The first-order valence-corrected chi connectivity index (χ1v) is 8.07. The van der Waals surface area contributed by atoms with Crippen LogP contribution in [-0.4, -0.2) is 23.0 Å². The quantitative estimate of drug-likeness (QED) is 0.671. The van der Waals surface area contributed by atoms with Gasteiger partial charge in [-0.05, 0) is 39.0 Å². The van der Waals surface area contributed by atoms with Crippen LogP contribution < -0.4 is 5.32 Å². The summed E-state index contributed by atoms with van der Waals surface area (Å²) in [6.07, 6.45) is 8.64. The van der Waals surface area contributed by atoms with Crippen LogP contribution in [0, 0.1) is 11.8 Å². The average molecular weight is 283 g/mol. The second-order valence-electron chi connectivity index (χ2n) is 6.15. The molecule has 0 bridgehead atoms. The standard InChI is InChI=1S/C16H29NO3/c1-3-4-5-6-7-12(2)17-15(18)13-8-10-14(11-9-13)16(19)20/h12-14H,3-11H2,1-2H3,(H,17,18)(H,19,20). The van der Waals surface area contributed by atoms with E-state index < -0.39 is 5.97 Å². The molecular weight excluding hydrogens is 254 g/mol. The van der Waals surface area contributed by atoms with Crippen LogP contribution in [0.15, 0.2) is 0 Å². The van der Waals surface area contributed by atoms with Crippen molar-refractivity contribution >= 4 is 11.9 Å². The second-order valence-corrected chi connectivity index (χ2v) is 6.15. The Balaban J connectivity index is 2.21. The molecule has 4 nitrogen and oxygen atoms in total. The minimum Gasteiger partial charge on any atom is -0.481 e. The predicted molar refractivity (Wildman–Crippen MR) is 79.4 cm³/mol. The van der Waals surface area contributed by atoms with Crippen molar-refractivity contribution in [2.24, 2.45) is 11.8 Å². The third-order valence-corrected chi connectivity index (χ3v) is 4.33. The summed E-state index contributed by atoms with van der Waals surface area (Å²) in [6.45, 7) is 4.26. The number of rotatable bonds is 8. The molecule has 1 atom stereocenters. The third-order valence-electron chi connectivity index (χ3n) is 4.33. The van der Waals surface area contributed by atoms with Gasteiger partial charge in [0.15, 0.2) is 0 Å². The monoisotopic (exact) mass is 283 g/mol. The number of aliphatic carboxylic acids is 1. The zero-order valence-electron chi connectivity index (χ0n) is 12.9. The largest absolute Gasteiger partial charge is 0.481 e. The first-order valence-electron chi connectivity index (χ1n) is 8.07. The molecule has 1 aliphatic rings.